The molecular formula is C11H19N3O. The molecule has 0 spiro atoms. The molecule has 0 bridgehead atoms. The topological polar surface area (TPSA) is 58.4 Å². The van der Waals surface area contributed by atoms with Gasteiger partial charge in [-0.25, -0.2) is 0 Å². The predicted octanol–water partition coefficient (Wildman–Crippen LogP) is 0.205. The molecule has 4 heteroatoms. The first-order valence-corrected chi connectivity index (χ1v) is 5.76. The Labute approximate surface area is 90.5 Å². The molecule has 1 aliphatic heterocycles. The van der Waals surface area contributed by atoms with E-state index in [1.54, 1.807) is 0 Å². The molecule has 0 radical (unpaired) electrons. The number of rotatable bonds is 2. The van der Waals surface area contributed by atoms with E-state index in [1.165, 1.54) is 12.1 Å². The van der Waals surface area contributed by atoms with E-state index >= 15 is 0 Å². The Morgan fingerprint density at radius 2 is 1.87 bits per heavy atom. The summed E-state index contributed by atoms with van der Waals surface area (Å²) in [6.45, 7) is 4.03. The van der Waals surface area contributed by atoms with Crippen LogP contribution in [0.5, 0.6) is 0 Å². The van der Waals surface area contributed by atoms with Gasteiger partial charge in [0.2, 0.25) is 5.91 Å². The molecule has 2 rings (SSSR count). The Bertz CT molecular complexity index is 280. The van der Waals surface area contributed by atoms with Gasteiger partial charge in [-0.3, -0.25) is 4.79 Å². The maximum atomic E-state index is 11.3. The van der Waals surface area contributed by atoms with Gasteiger partial charge in [-0.15, -0.1) is 0 Å². The van der Waals surface area contributed by atoms with Gasteiger partial charge >= 0.3 is 0 Å². The fraction of sp³-hybridized carbons (Fsp3) is 0.727. The fourth-order valence-electron chi connectivity index (χ4n) is 2.44. The number of hydrogen-bond donors (Lipinski definition) is 2. The van der Waals surface area contributed by atoms with Crippen LogP contribution >= 0.6 is 0 Å². The van der Waals surface area contributed by atoms with Crippen molar-refractivity contribution < 1.29 is 4.79 Å². The fourth-order valence-corrected chi connectivity index (χ4v) is 2.44. The van der Waals surface area contributed by atoms with E-state index in [1.807, 2.05) is 0 Å². The summed E-state index contributed by atoms with van der Waals surface area (Å²) in [6, 6.07) is 0. The minimum Gasteiger partial charge on any atom is -0.372 e. The van der Waals surface area contributed by atoms with Crippen molar-refractivity contribution in [1.29, 1.82) is 0 Å². The Hall–Kier alpha value is -1.03. The highest BCUT2D eigenvalue weighted by Crippen LogP contribution is 2.27. The standard InChI is InChI=1S/C11H19N3O/c12-11(15)9-3-1-2-4-10(9)14-7-5-13-6-8-14/h13H,1-8H2,(H2,12,15). The monoisotopic (exact) mass is 209 g/mol. The number of nitrogens with one attached hydrogen (secondary N) is 1. The molecule has 0 aromatic rings. The van der Waals surface area contributed by atoms with Crippen molar-refractivity contribution in [2.75, 3.05) is 26.2 Å². The zero-order valence-electron chi connectivity index (χ0n) is 9.09. The van der Waals surface area contributed by atoms with Crippen LogP contribution in [0.2, 0.25) is 0 Å². The Morgan fingerprint density at radius 3 is 2.53 bits per heavy atom. The highest BCUT2D eigenvalue weighted by Gasteiger charge is 2.22. The molecule has 1 saturated heterocycles. The molecule has 0 atom stereocenters. The lowest BCUT2D eigenvalue weighted by atomic mass is 9.94. The summed E-state index contributed by atoms with van der Waals surface area (Å²) in [4.78, 5) is 13.7. The highest BCUT2D eigenvalue weighted by molar-refractivity contribution is 5.92. The summed E-state index contributed by atoms with van der Waals surface area (Å²) in [7, 11) is 0. The van der Waals surface area contributed by atoms with E-state index < -0.39 is 0 Å². The number of carbonyl (C=O) groups is 1. The molecule has 0 aromatic carbocycles. The van der Waals surface area contributed by atoms with Crippen LogP contribution in [0.25, 0.3) is 0 Å². The normalized spacial score (nSPS) is 23.1. The lowest BCUT2D eigenvalue weighted by Gasteiger charge is -2.34. The second-order valence-electron chi connectivity index (χ2n) is 4.23. The second kappa shape index (κ2) is 4.66. The van der Waals surface area contributed by atoms with Crippen LogP contribution in [-0.4, -0.2) is 37.0 Å². The molecular weight excluding hydrogens is 190 g/mol. The summed E-state index contributed by atoms with van der Waals surface area (Å²) < 4.78 is 0. The van der Waals surface area contributed by atoms with E-state index in [-0.39, 0.29) is 5.91 Å². The lowest BCUT2D eigenvalue weighted by molar-refractivity contribution is -0.115. The van der Waals surface area contributed by atoms with Crippen molar-refractivity contribution in [3.63, 3.8) is 0 Å². The van der Waals surface area contributed by atoms with Crippen molar-refractivity contribution in [3.8, 4) is 0 Å². The molecule has 15 heavy (non-hydrogen) atoms. The average Bonchev–Trinajstić information content (AvgIpc) is 2.30. The maximum Gasteiger partial charge on any atom is 0.246 e. The number of primary amides is 1. The third-order valence-electron chi connectivity index (χ3n) is 3.23. The van der Waals surface area contributed by atoms with Crippen LogP contribution in [-0.2, 0) is 4.79 Å². The predicted molar refractivity (Wildman–Crippen MR) is 59.1 cm³/mol. The third-order valence-corrected chi connectivity index (χ3v) is 3.23. The number of piperazine rings is 1. The SMILES string of the molecule is NC(=O)C1=C(N2CCNCC2)CCCC1. The van der Waals surface area contributed by atoms with Crippen molar-refractivity contribution in [2.24, 2.45) is 5.73 Å². The Morgan fingerprint density at radius 1 is 1.20 bits per heavy atom. The summed E-state index contributed by atoms with van der Waals surface area (Å²) in [5, 5.41) is 3.32. The van der Waals surface area contributed by atoms with Gasteiger partial charge in [0.15, 0.2) is 0 Å². The largest absolute Gasteiger partial charge is 0.372 e. The molecule has 1 heterocycles. The molecule has 1 aliphatic carbocycles. The third kappa shape index (κ3) is 2.31. The van der Waals surface area contributed by atoms with Crippen LogP contribution in [0.15, 0.2) is 11.3 Å². The molecule has 0 unspecified atom stereocenters. The zero-order valence-corrected chi connectivity index (χ0v) is 9.09. The first-order chi connectivity index (χ1) is 7.29. The minimum atomic E-state index is -0.219. The van der Waals surface area contributed by atoms with E-state index in [4.69, 9.17) is 5.73 Å². The number of amides is 1. The molecule has 0 aromatic heterocycles. The zero-order chi connectivity index (χ0) is 10.7. The van der Waals surface area contributed by atoms with Gasteiger partial charge in [0.1, 0.15) is 0 Å². The smallest absolute Gasteiger partial charge is 0.246 e. The van der Waals surface area contributed by atoms with Gasteiger partial charge < -0.3 is 16.0 Å². The number of hydrogen-bond acceptors (Lipinski definition) is 3. The maximum absolute atomic E-state index is 11.3. The first-order valence-electron chi connectivity index (χ1n) is 5.76. The summed E-state index contributed by atoms with van der Waals surface area (Å²) in [5.41, 5.74) is 7.52. The van der Waals surface area contributed by atoms with Crippen LogP contribution in [0.3, 0.4) is 0 Å². The van der Waals surface area contributed by atoms with Crippen molar-refractivity contribution in [3.05, 3.63) is 11.3 Å². The summed E-state index contributed by atoms with van der Waals surface area (Å²) in [6.07, 6.45) is 4.19. The highest BCUT2D eigenvalue weighted by atomic mass is 16.1. The quantitative estimate of drug-likeness (QED) is 0.683. The molecule has 1 amide bonds. The molecule has 0 saturated carbocycles. The molecule has 1 fully saturated rings. The van der Waals surface area contributed by atoms with Crippen LogP contribution in [0.4, 0.5) is 0 Å². The van der Waals surface area contributed by atoms with E-state index in [0.717, 1.165) is 51.0 Å². The van der Waals surface area contributed by atoms with E-state index in [0.29, 0.717) is 0 Å². The molecule has 2 aliphatic rings. The van der Waals surface area contributed by atoms with Gasteiger partial charge in [0.25, 0.3) is 0 Å². The minimum absolute atomic E-state index is 0.219. The number of nitrogens with two attached hydrogens (primary N) is 1. The van der Waals surface area contributed by atoms with Gasteiger partial charge in [0.05, 0.1) is 0 Å². The van der Waals surface area contributed by atoms with Crippen LogP contribution in [0.1, 0.15) is 25.7 Å². The molecule has 3 N–H and O–H groups in total. The lowest BCUT2D eigenvalue weighted by Crippen LogP contribution is -2.44. The summed E-state index contributed by atoms with van der Waals surface area (Å²) >= 11 is 0. The van der Waals surface area contributed by atoms with Crippen LogP contribution in [0, 0.1) is 0 Å². The van der Waals surface area contributed by atoms with E-state index in [9.17, 15) is 4.79 Å². The van der Waals surface area contributed by atoms with Gasteiger partial charge in [-0.2, -0.15) is 0 Å². The van der Waals surface area contributed by atoms with Crippen molar-refractivity contribution in [2.45, 2.75) is 25.7 Å². The number of carbonyl (C=O) groups excluding carboxylic acids is 1. The van der Waals surface area contributed by atoms with Gasteiger partial charge in [0, 0.05) is 37.4 Å². The number of allylic oxidation sites excluding steroid dienone is 1. The van der Waals surface area contributed by atoms with Crippen molar-refractivity contribution in [1.82, 2.24) is 10.2 Å². The van der Waals surface area contributed by atoms with Crippen molar-refractivity contribution >= 4 is 5.91 Å². The van der Waals surface area contributed by atoms with Gasteiger partial charge in [-0.05, 0) is 25.7 Å². The molecule has 4 nitrogen and oxygen atoms in total. The van der Waals surface area contributed by atoms with Gasteiger partial charge in [-0.1, -0.05) is 0 Å². The Balaban J connectivity index is 2.17. The average molecular weight is 209 g/mol. The Kier molecular flexibility index (Phi) is 3.26. The summed E-state index contributed by atoms with van der Waals surface area (Å²) in [5.74, 6) is -0.219. The molecule has 84 valence electrons. The second-order valence-corrected chi connectivity index (χ2v) is 4.23. The number of nitrogens with zero attached hydrogens (tertiary/aromatic N) is 1. The van der Waals surface area contributed by atoms with Crippen LogP contribution < -0.4 is 11.1 Å². The van der Waals surface area contributed by atoms with E-state index in [2.05, 4.69) is 10.2 Å². The first kappa shape index (κ1) is 10.5.